The topological polar surface area (TPSA) is 63.0 Å². The normalized spacial score (nSPS) is 19.9. The Morgan fingerprint density at radius 1 is 1.25 bits per heavy atom. The van der Waals surface area contributed by atoms with Crippen LogP contribution in [0.1, 0.15) is 21.8 Å². The summed E-state index contributed by atoms with van der Waals surface area (Å²) in [6.07, 6.45) is 0.487. The number of fused-ring (bicyclic) bond motifs is 2. The van der Waals surface area contributed by atoms with E-state index in [9.17, 15) is 4.79 Å². The molecule has 0 N–H and O–H groups in total. The Labute approximate surface area is 167 Å². The van der Waals surface area contributed by atoms with E-state index in [4.69, 9.17) is 4.74 Å². The highest BCUT2D eigenvalue weighted by atomic mass is 32.1. The molecule has 1 unspecified atom stereocenters. The summed E-state index contributed by atoms with van der Waals surface area (Å²) in [6.45, 7) is 7.20. The van der Waals surface area contributed by atoms with Crippen molar-refractivity contribution in [3.05, 3.63) is 45.4 Å². The Morgan fingerprint density at radius 3 is 3.04 bits per heavy atom. The van der Waals surface area contributed by atoms with E-state index in [1.165, 1.54) is 10.4 Å². The SMILES string of the molecule is Cc1cc(N2CCOC(C(=O)N3CCc4sccc4C3)C2)n2nc(C)cc2n1. The second-order valence-corrected chi connectivity index (χ2v) is 8.50. The lowest BCUT2D eigenvalue weighted by Gasteiger charge is -2.37. The lowest BCUT2D eigenvalue weighted by molar-refractivity contribution is -0.145. The maximum atomic E-state index is 13.1. The van der Waals surface area contributed by atoms with Gasteiger partial charge in [-0.15, -0.1) is 11.3 Å². The molecule has 1 fully saturated rings. The Balaban J connectivity index is 1.38. The van der Waals surface area contributed by atoms with E-state index in [1.807, 2.05) is 35.4 Å². The van der Waals surface area contributed by atoms with Crippen LogP contribution in [0.3, 0.4) is 0 Å². The summed E-state index contributed by atoms with van der Waals surface area (Å²) >= 11 is 1.78. The number of nitrogens with zero attached hydrogens (tertiary/aromatic N) is 5. The van der Waals surface area contributed by atoms with Crippen LogP contribution >= 0.6 is 11.3 Å². The lowest BCUT2D eigenvalue weighted by Crippen LogP contribution is -2.52. The van der Waals surface area contributed by atoms with Gasteiger partial charge in [0.1, 0.15) is 5.82 Å². The van der Waals surface area contributed by atoms with Crippen LogP contribution in [0.25, 0.3) is 5.65 Å². The van der Waals surface area contributed by atoms with Gasteiger partial charge in [0.15, 0.2) is 11.8 Å². The molecule has 1 saturated heterocycles. The van der Waals surface area contributed by atoms with Crippen LogP contribution in [0.5, 0.6) is 0 Å². The maximum Gasteiger partial charge on any atom is 0.253 e. The molecule has 2 aliphatic heterocycles. The number of morpholine rings is 1. The molecule has 0 saturated carbocycles. The van der Waals surface area contributed by atoms with Crippen molar-refractivity contribution in [2.45, 2.75) is 32.9 Å². The van der Waals surface area contributed by atoms with Crippen molar-refractivity contribution in [3.8, 4) is 0 Å². The highest BCUT2D eigenvalue weighted by molar-refractivity contribution is 7.10. The first-order chi connectivity index (χ1) is 13.6. The van der Waals surface area contributed by atoms with E-state index in [2.05, 4.69) is 26.4 Å². The number of aromatic nitrogens is 3. The molecule has 5 heterocycles. The minimum atomic E-state index is -0.450. The van der Waals surface area contributed by atoms with Crippen molar-refractivity contribution >= 4 is 28.7 Å². The number of amides is 1. The predicted molar refractivity (Wildman–Crippen MR) is 108 cm³/mol. The number of anilines is 1. The minimum Gasteiger partial charge on any atom is -0.365 e. The van der Waals surface area contributed by atoms with Gasteiger partial charge < -0.3 is 14.5 Å². The molecule has 8 heteroatoms. The molecule has 0 radical (unpaired) electrons. The molecule has 5 rings (SSSR count). The van der Waals surface area contributed by atoms with E-state index in [0.717, 1.165) is 42.4 Å². The van der Waals surface area contributed by atoms with Crippen LogP contribution in [0.15, 0.2) is 23.6 Å². The summed E-state index contributed by atoms with van der Waals surface area (Å²) in [5.74, 6) is 1.05. The number of rotatable bonds is 2. The molecule has 0 aliphatic carbocycles. The Kier molecular flexibility index (Phi) is 4.32. The predicted octanol–water partition coefficient (Wildman–Crippen LogP) is 2.20. The minimum absolute atomic E-state index is 0.0835. The average molecular weight is 398 g/mol. The van der Waals surface area contributed by atoms with Gasteiger partial charge in [-0.2, -0.15) is 9.61 Å². The number of hydrogen-bond donors (Lipinski definition) is 0. The summed E-state index contributed by atoms with van der Waals surface area (Å²) in [5, 5.41) is 6.70. The molecule has 3 aromatic rings. The average Bonchev–Trinajstić information content (AvgIpc) is 3.31. The van der Waals surface area contributed by atoms with Gasteiger partial charge in [-0.3, -0.25) is 4.79 Å². The fourth-order valence-corrected chi connectivity index (χ4v) is 4.96. The Hall–Kier alpha value is -2.45. The van der Waals surface area contributed by atoms with Crippen molar-refractivity contribution in [1.82, 2.24) is 19.5 Å². The van der Waals surface area contributed by atoms with Gasteiger partial charge in [-0.25, -0.2) is 4.98 Å². The van der Waals surface area contributed by atoms with Gasteiger partial charge in [-0.1, -0.05) is 0 Å². The zero-order chi connectivity index (χ0) is 19.3. The van der Waals surface area contributed by atoms with Crippen molar-refractivity contribution in [2.24, 2.45) is 0 Å². The standard InChI is InChI=1S/C20H23N5O2S/c1-13-10-19(25-18(21-13)9-14(2)22-25)23-6-7-27-16(12-23)20(26)24-5-3-17-15(11-24)4-8-28-17/h4,8-10,16H,3,5-7,11-12H2,1-2H3. The molecule has 0 spiro atoms. The lowest BCUT2D eigenvalue weighted by atomic mass is 10.1. The highest BCUT2D eigenvalue weighted by Gasteiger charge is 2.33. The van der Waals surface area contributed by atoms with Crippen LogP contribution in [-0.2, 0) is 22.5 Å². The first-order valence-corrected chi connectivity index (χ1v) is 10.5. The van der Waals surface area contributed by atoms with Gasteiger partial charge in [0.25, 0.3) is 5.91 Å². The van der Waals surface area contributed by atoms with Crippen LogP contribution in [0, 0.1) is 13.8 Å². The zero-order valence-electron chi connectivity index (χ0n) is 16.1. The first-order valence-electron chi connectivity index (χ1n) is 9.63. The molecule has 146 valence electrons. The molecule has 3 aromatic heterocycles. The van der Waals surface area contributed by atoms with Crippen molar-refractivity contribution in [2.75, 3.05) is 31.1 Å². The smallest absolute Gasteiger partial charge is 0.253 e. The maximum absolute atomic E-state index is 13.1. The molecule has 2 aliphatic rings. The van der Waals surface area contributed by atoms with E-state index in [-0.39, 0.29) is 5.91 Å². The van der Waals surface area contributed by atoms with E-state index < -0.39 is 6.10 Å². The number of hydrogen-bond acceptors (Lipinski definition) is 6. The van der Waals surface area contributed by atoms with Gasteiger partial charge in [0.2, 0.25) is 0 Å². The van der Waals surface area contributed by atoms with E-state index in [1.54, 1.807) is 11.3 Å². The summed E-state index contributed by atoms with van der Waals surface area (Å²) in [4.78, 5) is 23.2. The third kappa shape index (κ3) is 3.06. The second-order valence-electron chi connectivity index (χ2n) is 7.50. The quantitative estimate of drug-likeness (QED) is 0.663. The summed E-state index contributed by atoms with van der Waals surface area (Å²) in [6, 6.07) is 6.14. The third-order valence-electron chi connectivity index (χ3n) is 5.44. The Morgan fingerprint density at radius 2 is 2.14 bits per heavy atom. The number of carbonyl (C=O) groups excluding carboxylic acids is 1. The van der Waals surface area contributed by atoms with Crippen molar-refractivity contribution in [1.29, 1.82) is 0 Å². The van der Waals surface area contributed by atoms with Crippen LogP contribution < -0.4 is 4.90 Å². The number of carbonyl (C=O) groups is 1. The molecule has 0 aromatic carbocycles. The number of thiophene rings is 1. The first kappa shape index (κ1) is 17.6. The molecule has 1 atom stereocenters. The Bertz CT molecular complexity index is 1040. The van der Waals surface area contributed by atoms with Gasteiger partial charge in [0.05, 0.1) is 18.8 Å². The highest BCUT2D eigenvalue weighted by Crippen LogP contribution is 2.26. The molecular formula is C20H23N5O2S. The van der Waals surface area contributed by atoms with E-state index >= 15 is 0 Å². The largest absolute Gasteiger partial charge is 0.365 e. The number of aryl methyl sites for hydroxylation is 2. The summed E-state index contributed by atoms with van der Waals surface area (Å²) in [5.41, 5.74) is 3.98. The molecule has 0 bridgehead atoms. The van der Waals surface area contributed by atoms with Crippen LogP contribution in [0.2, 0.25) is 0 Å². The van der Waals surface area contributed by atoms with E-state index in [0.29, 0.717) is 19.7 Å². The molecule has 1 amide bonds. The summed E-state index contributed by atoms with van der Waals surface area (Å²) in [7, 11) is 0. The van der Waals surface area contributed by atoms with Gasteiger partial charge in [0, 0.05) is 42.3 Å². The molecular weight excluding hydrogens is 374 g/mol. The fraction of sp³-hybridized carbons (Fsp3) is 0.450. The monoisotopic (exact) mass is 397 g/mol. The number of ether oxygens (including phenoxy) is 1. The van der Waals surface area contributed by atoms with Crippen molar-refractivity contribution in [3.63, 3.8) is 0 Å². The van der Waals surface area contributed by atoms with Crippen LogP contribution in [0.4, 0.5) is 5.82 Å². The molecule has 7 nitrogen and oxygen atoms in total. The second kappa shape index (κ2) is 6.86. The van der Waals surface area contributed by atoms with Gasteiger partial charge in [-0.05, 0) is 37.3 Å². The van der Waals surface area contributed by atoms with Crippen molar-refractivity contribution < 1.29 is 9.53 Å². The third-order valence-corrected chi connectivity index (χ3v) is 6.47. The molecule has 28 heavy (non-hydrogen) atoms. The van der Waals surface area contributed by atoms with Crippen LogP contribution in [-0.4, -0.2) is 57.8 Å². The van der Waals surface area contributed by atoms with Gasteiger partial charge >= 0.3 is 0 Å². The summed E-state index contributed by atoms with van der Waals surface area (Å²) < 4.78 is 7.75. The zero-order valence-corrected chi connectivity index (χ0v) is 16.9. The fourth-order valence-electron chi connectivity index (χ4n) is 4.07.